The van der Waals surface area contributed by atoms with Crippen molar-refractivity contribution in [3.63, 3.8) is 0 Å². The molecule has 144 valence electrons. The molecule has 1 amide bonds. The second kappa shape index (κ2) is 10.9. The van der Waals surface area contributed by atoms with Crippen LogP contribution in [0.25, 0.3) is 0 Å². The van der Waals surface area contributed by atoms with Gasteiger partial charge in [0.15, 0.2) is 0 Å². The van der Waals surface area contributed by atoms with E-state index in [9.17, 15) is 4.79 Å². The highest BCUT2D eigenvalue weighted by Crippen LogP contribution is 2.30. The van der Waals surface area contributed by atoms with Gasteiger partial charge in [0.1, 0.15) is 0 Å². The molecule has 0 atom stereocenters. The van der Waals surface area contributed by atoms with Crippen LogP contribution in [0.3, 0.4) is 0 Å². The molecule has 3 rings (SSSR count). The minimum Gasteiger partial charge on any atom is -0.326 e. The molecule has 2 nitrogen and oxygen atoms in total. The van der Waals surface area contributed by atoms with Gasteiger partial charge in [-0.3, -0.25) is 4.79 Å². The smallest absolute Gasteiger partial charge is 0.227 e. The van der Waals surface area contributed by atoms with E-state index in [4.69, 9.17) is 0 Å². The first-order chi connectivity index (χ1) is 13.3. The van der Waals surface area contributed by atoms with E-state index in [2.05, 4.69) is 35.6 Å². The summed E-state index contributed by atoms with van der Waals surface area (Å²) in [5, 5.41) is 3.11. The van der Waals surface area contributed by atoms with Crippen LogP contribution >= 0.6 is 0 Å². The molecule has 0 heterocycles. The molecule has 1 aliphatic rings. The van der Waals surface area contributed by atoms with Crippen molar-refractivity contribution in [3.05, 3.63) is 66.2 Å². The van der Waals surface area contributed by atoms with Gasteiger partial charge in [0, 0.05) is 11.6 Å². The average Bonchev–Trinajstić information content (AvgIpc) is 2.70. The number of carbonyl (C=O) groups excluding carboxylic acids is 1. The monoisotopic (exact) mass is 363 g/mol. The van der Waals surface area contributed by atoms with Gasteiger partial charge in [-0.15, -0.1) is 0 Å². The molecule has 0 aromatic heterocycles. The Morgan fingerprint density at radius 1 is 0.667 bits per heavy atom. The molecule has 0 radical (unpaired) electrons. The molecule has 2 aromatic carbocycles. The number of nitrogens with one attached hydrogen (secondary N) is 1. The van der Waals surface area contributed by atoms with Crippen LogP contribution in [0.1, 0.15) is 75.7 Å². The van der Waals surface area contributed by atoms with E-state index in [0.717, 1.165) is 31.4 Å². The summed E-state index contributed by atoms with van der Waals surface area (Å²) < 4.78 is 0. The van der Waals surface area contributed by atoms with Crippen LogP contribution in [0, 0.1) is 5.92 Å². The summed E-state index contributed by atoms with van der Waals surface area (Å²) in [4.78, 5) is 12.7. The first kappa shape index (κ1) is 19.7. The lowest BCUT2D eigenvalue weighted by molar-refractivity contribution is -0.120. The normalized spacial score (nSPS) is 22.2. The van der Waals surface area contributed by atoms with Crippen LogP contribution in [-0.2, 0) is 4.79 Å². The number of benzene rings is 2. The molecule has 1 fully saturated rings. The zero-order chi connectivity index (χ0) is 18.7. The number of rotatable bonds is 3. The number of para-hydroxylation sites is 1. The average molecular weight is 364 g/mol. The number of carbonyl (C=O) groups is 1. The maximum absolute atomic E-state index is 12.7. The van der Waals surface area contributed by atoms with E-state index in [1.807, 2.05) is 30.3 Å². The summed E-state index contributed by atoms with van der Waals surface area (Å²) in [7, 11) is 0. The van der Waals surface area contributed by atoms with E-state index in [1.54, 1.807) is 0 Å². The van der Waals surface area contributed by atoms with E-state index in [1.165, 1.54) is 44.1 Å². The predicted molar refractivity (Wildman–Crippen MR) is 114 cm³/mol. The molecular formula is C25H33NO. The molecular weight excluding hydrogens is 330 g/mol. The summed E-state index contributed by atoms with van der Waals surface area (Å²) in [6, 6.07) is 20.9. The molecule has 0 unspecified atom stereocenters. The third-order valence-electron chi connectivity index (χ3n) is 5.89. The fourth-order valence-electron chi connectivity index (χ4n) is 4.29. The Morgan fingerprint density at radius 2 is 1.19 bits per heavy atom. The second-order valence-corrected chi connectivity index (χ2v) is 7.94. The molecule has 1 N–H and O–H groups in total. The van der Waals surface area contributed by atoms with Gasteiger partial charge >= 0.3 is 0 Å². The van der Waals surface area contributed by atoms with Crippen LogP contribution in [0.2, 0.25) is 0 Å². The van der Waals surface area contributed by atoms with Crippen molar-refractivity contribution in [1.29, 1.82) is 0 Å². The van der Waals surface area contributed by atoms with Crippen LogP contribution in [0.5, 0.6) is 0 Å². The van der Waals surface area contributed by atoms with E-state index < -0.39 is 0 Å². The number of hydrogen-bond acceptors (Lipinski definition) is 1. The highest BCUT2D eigenvalue weighted by atomic mass is 16.1. The first-order valence-corrected chi connectivity index (χ1v) is 10.7. The molecule has 27 heavy (non-hydrogen) atoms. The fraction of sp³-hybridized carbons (Fsp3) is 0.480. The number of hydrogen-bond donors (Lipinski definition) is 1. The Labute approximate surface area is 164 Å². The van der Waals surface area contributed by atoms with E-state index in [0.29, 0.717) is 5.92 Å². The minimum atomic E-state index is 0.162. The van der Waals surface area contributed by atoms with Crippen LogP contribution in [0.15, 0.2) is 60.7 Å². The Balaban J connectivity index is 1.52. The Hall–Kier alpha value is -2.09. The number of anilines is 1. The molecule has 2 aromatic rings. The fourth-order valence-corrected chi connectivity index (χ4v) is 4.29. The van der Waals surface area contributed by atoms with E-state index in [-0.39, 0.29) is 11.8 Å². The van der Waals surface area contributed by atoms with Gasteiger partial charge in [-0.25, -0.2) is 0 Å². The Morgan fingerprint density at radius 3 is 1.78 bits per heavy atom. The predicted octanol–water partition coefficient (Wildman–Crippen LogP) is 6.94. The van der Waals surface area contributed by atoms with Gasteiger partial charge in [0.2, 0.25) is 5.91 Å². The van der Waals surface area contributed by atoms with Crippen molar-refractivity contribution in [1.82, 2.24) is 0 Å². The summed E-state index contributed by atoms with van der Waals surface area (Å²) in [6.45, 7) is 0. The highest BCUT2D eigenvalue weighted by Gasteiger charge is 2.19. The zero-order valence-corrected chi connectivity index (χ0v) is 16.4. The third-order valence-corrected chi connectivity index (χ3v) is 5.89. The standard InChI is InChI=1S/C25H33NO/c27-25(26-24-19-11-4-12-20-24)23-17-9-2-7-15-22(16-8-3-10-18-23)21-13-5-1-6-14-21/h1,4-6,11-14,19-20,22-23H,2-3,7-10,15-18H2,(H,26,27). The molecule has 0 bridgehead atoms. The second-order valence-electron chi connectivity index (χ2n) is 7.94. The molecule has 0 spiro atoms. The first-order valence-electron chi connectivity index (χ1n) is 10.7. The van der Waals surface area contributed by atoms with Crippen molar-refractivity contribution in [3.8, 4) is 0 Å². The van der Waals surface area contributed by atoms with Crippen molar-refractivity contribution >= 4 is 11.6 Å². The van der Waals surface area contributed by atoms with Crippen molar-refractivity contribution < 1.29 is 4.79 Å². The lowest BCUT2D eigenvalue weighted by Crippen LogP contribution is -2.23. The van der Waals surface area contributed by atoms with E-state index >= 15 is 0 Å². The van der Waals surface area contributed by atoms with Crippen LogP contribution in [-0.4, -0.2) is 5.91 Å². The molecule has 0 saturated heterocycles. The van der Waals surface area contributed by atoms with Gasteiger partial charge in [-0.1, -0.05) is 87.1 Å². The SMILES string of the molecule is O=C(Nc1ccccc1)C1CCCCCC(c2ccccc2)CCCCC1. The Bertz CT molecular complexity index is 653. The maximum Gasteiger partial charge on any atom is 0.227 e. The lowest BCUT2D eigenvalue weighted by Gasteiger charge is -2.21. The zero-order valence-electron chi connectivity index (χ0n) is 16.4. The van der Waals surface area contributed by atoms with Gasteiger partial charge in [-0.2, -0.15) is 0 Å². The van der Waals surface area contributed by atoms with Crippen LogP contribution < -0.4 is 5.32 Å². The Kier molecular flexibility index (Phi) is 7.95. The molecule has 0 aliphatic heterocycles. The summed E-state index contributed by atoms with van der Waals surface area (Å²) in [5.41, 5.74) is 2.42. The van der Waals surface area contributed by atoms with Crippen molar-refractivity contribution in [2.45, 2.75) is 70.1 Å². The third kappa shape index (κ3) is 6.53. The summed E-state index contributed by atoms with van der Waals surface area (Å²) in [5.74, 6) is 1.08. The van der Waals surface area contributed by atoms with Crippen LogP contribution in [0.4, 0.5) is 5.69 Å². The van der Waals surface area contributed by atoms with Gasteiger partial charge in [0.05, 0.1) is 0 Å². The minimum absolute atomic E-state index is 0.162. The summed E-state index contributed by atoms with van der Waals surface area (Å²) in [6.07, 6.45) is 11.9. The van der Waals surface area contributed by atoms with Gasteiger partial charge < -0.3 is 5.32 Å². The molecule has 1 aliphatic carbocycles. The quantitative estimate of drug-likeness (QED) is 0.628. The molecule has 1 saturated carbocycles. The highest BCUT2D eigenvalue weighted by molar-refractivity contribution is 5.92. The lowest BCUT2D eigenvalue weighted by atomic mass is 9.86. The number of amides is 1. The topological polar surface area (TPSA) is 29.1 Å². The largest absolute Gasteiger partial charge is 0.326 e. The van der Waals surface area contributed by atoms with Gasteiger partial charge in [-0.05, 0) is 49.3 Å². The van der Waals surface area contributed by atoms with Crippen molar-refractivity contribution in [2.75, 3.05) is 5.32 Å². The maximum atomic E-state index is 12.7. The van der Waals surface area contributed by atoms with Crippen molar-refractivity contribution in [2.24, 2.45) is 5.92 Å². The molecule has 2 heteroatoms. The van der Waals surface area contributed by atoms with Gasteiger partial charge in [0.25, 0.3) is 0 Å². The summed E-state index contributed by atoms with van der Waals surface area (Å²) >= 11 is 0.